The minimum atomic E-state index is -3.80. The highest BCUT2D eigenvalue weighted by atomic mass is 32.2. The zero-order chi connectivity index (χ0) is 18.8. The molecular formula is C16H29N5O3S. The number of nitrogens with zero attached hydrogens (tertiary/aromatic N) is 3. The fraction of sp³-hybridized carbons (Fsp3) is 0.750. The maximum absolute atomic E-state index is 12.7. The van der Waals surface area contributed by atoms with Gasteiger partial charge in [-0.2, -0.15) is 9.82 Å². The molecule has 142 valence electrons. The normalized spacial score (nSPS) is 19.9. The van der Waals surface area contributed by atoms with E-state index in [-0.39, 0.29) is 10.8 Å². The Morgan fingerprint density at radius 2 is 2.08 bits per heavy atom. The van der Waals surface area contributed by atoms with Gasteiger partial charge in [0.05, 0.1) is 17.4 Å². The fourth-order valence-corrected chi connectivity index (χ4v) is 5.11. The maximum Gasteiger partial charge on any atom is 0.244 e. The Morgan fingerprint density at radius 3 is 2.64 bits per heavy atom. The fourth-order valence-electron chi connectivity index (χ4n) is 3.48. The molecule has 0 radical (unpaired) electrons. The number of amides is 1. The van der Waals surface area contributed by atoms with Crippen molar-refractivity contribution < 1.29 is 13.2 Å². The smallest absolute Gasteiger partial charge is 0.244 e. The van der Waals surface area contributed by atoms with Crippen molar-refractivity contribution in [3.8, 4) is 0 Å². The van der Waals surface area contributed by atoms with E-state index in [1.54, 1.807) is 32.7 Å². The molecule has 0 spiro atoms. The summed E-state index contributed by atoms with van der Waals surface area (Å²) in [6, 6.07) is -0.808. The van der Waals surface area contributed by atoms with Crippen LogP contribution in [0.25, 0.3) is 0 Å². The van der Waals surface area contributed by atoms with Gasteiger partial charge < -0.3 is 10.2 Å². The van der Waals surface area contributed by atoms with Gasteiger partial charge in [-0.15, -0.1) is 0 Å². The molecule has 1 amide bonds. The van der Waals surface area contributed by atoms with Gasteiger partial charge in [-0.3, -0.25) is 9.48 Å². The highest BCUT2D eigenvalue weighted by Crippen LogP contribution is 2.20. The SMILES string of the molecule is CNCC1CCCN(C(=O)C(C)NS(=O)(=O)c2c(C)nn(C)c2C)C1. The van der Waals surface area contributed by atoms with Crippen LogP contribution in [-0.2, 0) is 21.9 Å². The van der Waals surface area contributed by atoms with Crippen molar-refractivity contribution in [3.05, 3.63) is 11.4 Å². The molecule has 0 aromatic carbocycles. The maximum atomic E-state index is 12.7. The molecule has 25 heavy (non-hydrogen) atoms. The Balaban J connectivity index is 2.10. The van der Waals surface area contributed by atoms with Crippen molar-refractivity contribution in [2.45, 2.75) is 44.6 Å². The van der Waals surface area contributed by atoms with Crippen molar-refractivity contribution in [1.29, 1.82) is 0 Å². The average molecular weight is 372 g/mol. The predicted octanol–water partition coefficient (Wildman–Crippen LogP) is 0.162. The van der Waals surface area contributed by atoms with Crippen molar-refractivity contribution in [2.24, 2.45) is 13.0 Å². The molecule has 0 saturated carbocycles. The number of nitrogens with one attached hydrogen (secondary N) is 2. The number of carbonyl (C=O) groups is 1. The molecule has 1 aliphatic rings. The Hall–Kier alpha value is -1.45. The van der Waals surface area contributed by atoms with Gasteiger partial charge in [0.1, 0.15) is 4.90 Å². The lowest BCUT2D eigenvalue weighted by atomic mass is 9.97. The second-order valence-corrected chi connectivity index (χ2v) is 8.47. The first-order chi connectivity index (χ1) is 11.7. The number of carbonyl (C=O) groups excluding carboxylic acids is 1. The minimum absolute atomic E-state index is 0.154. The van der Waals surface area contributed by atoms with Gasteiger partial charge in [0.2, 0.25) is 15.9 Å². The molecule has 1 aromatic rings. The molecule has 0 aliphatic carbocycles. The molecule has 2 heterocycles. The topological polar surface area (TPSA) is 96.3 Å². The van der Waals surface area contributed by atoms with Crippen LogP contribution in [0.15, 0.2) is 4.90 Å². The third kappa shape index (κ3) is 4.39. The van der Waals surface area contributed by atoms with Crippen LogP contribution in [-0.4, -0.2) is 61.7 Å². The standard InChI is InChI=1S/C16H29N5O3S/c1-11-15(13(3)20(5)18-11)25(23,24)19-12(2)16(22)21-8-6-7-14(10-21)9-17-4/h12,14,17,19H,6-10H2,1-5H3. The Kier molecular flexibility index (Phi) is 6.23. The Bertz CT molecular complexity index is 726. The van der Waals surface area contributed by atoms with E-state index in [0.717, 1.165) is 19.4 Å². The lowest BCUT2D eigenvalue weighted by Gasteiger charge is -2.34. The lowest BCUT2D eigenvalue weighted by Crippen LogP contribution is -2.50. The summed E-state index contributed by atoms with van der Waals surface area (Å²) in [5.41, 5.74) is 0.982. The summed E-state index contributed by atoms with van der Waals surface area (Å²) < 4.78 is 29.5. The molecule has 8 nitrogen and oxygen atoms in total. The van der Waals surface area contributed by atoms with Gasteiger partial charge in [0, 0.05) is 20.1 Å². The second-order valence-electron chi connectivity index (χ2n) is 6.82. The monoisotopic (exact) mass is 371 g/mol. The van der Waals surface area contributed by atoms with Gasteiger partial charge in [-0.1, -0.05) is 0 Å². The molecule has 0 bridgehead atoms. The van der Waals surface area contributed by atoms with Gasteiger partial charge in [0.15, 0.2) is 0 Å². The number of hydrogen-bond donors (Lipinski definition) is 2. The summed E-state index contributed by atoms with van der Waals surface area (Å²) >= 11 is 0. The molecule has 2 rings (SSSR count). The van der Waals surface area contributed by atoms with Gasteiger partial charge in [0.25, 0.3) is 0 Å². The van der Waals surface area contributed by atoms with Crippen molar-refractivity contribution in [1.82, 2.24) is 24.7 Å². The van der Waals surface area contributed by atoms with Crippen LogP contribution in [0.3, 0.4) is 0 Å². The molecule has 1 saturated heterocycles. The number of piperidine rings is 1. The molecule has 1 fully saturated rings. The van der Waals surface area contributed by atoms with E-state index < -0.39 is 16.1 Å². The first-order valence-corrected chi connectivity index (χ1v) is 10.1. The molecule has 1 aromatic heterocycles. The highest BCUT2D eigenvalue weighted by Gasteiger charge is 2.31. The van der Waals surface area contributed by atoms with E-state index in [2.05, 4.69) is 15.1 Å². The second kappa shape index (κ2) is 7.84. The number of sulfonamides is 1. The van der Waals surface area contributed by atoms with Crippen LogP contribution in [0.5, 0.6) is 0 Å². The first kappa shape index (κ1) is 19.9. The van der Waals surface area contributed by atoms with Crippen LogP contribution >= 0.6 is 0 Å². The van der Waals surface area contributed by atoms with Gasteiger partial charge >= 0.3 is 0 Å². The minimum Gasteiger partial charge on any atom is -0.341 e. The van der Waals surface area contributed by atoms with E-state index in [1.165, 1.54) is 4.68 Å². The van der Waals surface area contributed by atoms with Crippen LogP contribution in [0.2, 0.25) is 0 Å². The zero-order valence-corrected chi connectivity index (χ0v) is 16.5. The molecule has 2 N–H and O–H groups in total. The number of aromatic nitrogens is 2. The lowest BCUT2D eigenvalue weighted by molar-refractivity contribution is -0.134. The van der Waals surface area contributed by atoms with Crippen LogP contribution in [0, 0.1) is 19.8 Å². The van der Waals surface area contributed by atoms with Crippen LogP contribution < -0.4 is 10.0 Å². The summed E-state index contributed by atoms with van der Waals surface area (Å²) in [6.45, 7) is 7.16. The summed E-state index contributed by atoms with van der Waals surface area (Å²) in [4.78, 5) is 14.6. The summed E-state index contributed by atoms with van der Waals surface area (Å²) in [5, 5.41) is 7.29. The number of aryl methyl sites for hydroxylation is 2. The van der Waals surface area contributed by atoms with Crippen molar-refractivity contribution in [2.75, 3.05) is 26.7 Å². The average Bonchev–Trinajstić information content (AvgIpc) is 2.79. The van der Waals surface area contributed by atoms with E-state index in [9.17, 15) is 13.2 Å². The molecule has 2 atom stereocenters. The predicted molar refractivity (Wildman–Crippen MR) is 95.7 cm³/mol. The first-order valence-electron chi connectivity index (χ1n) is 8.63. The van der Waals surface area contributed by atoms with E-state index in [4.69, 9.17) is 0 Å². The summed E-state index contributed by atoms with van der Waals surface area (Å²) in [7, 11) is -0.202. The number of likely N-dealkylation sites (tertiary alicyclic amines) is 1. The Morgan fingerprint density at radius 1 is 1.40 bits per heavy atom. The van der Waals surface area contributed by atoms with Gasteiger partial charge in [-0.05, 0) is 53.1 Å². The molecular weight excluding hydrogens is 342 g/mol. The molecule has 2 unspecified atom stereocenters. The van der Waals surface area contributed by atoms with E-state index in [0.29, 0.717) is 30.4 Å². The third-order valence-electron chi connectivity index (χ3n) is 4.74. The highest BCUT2D eigenvalue weighted by molar-refractivity contribution is 7.89. The molecule has 9 heteroatoms. The number of hydrogen-bond acceptors (Lipinski definition) is 5. The zero-order valence-electron chi connectivity index (χ0n) is 15.7. The summed E-state index contributed by atoms with van der Waals surface area (Å²) in [6.07, 6.45) is 2.02. The van der Waals surface area contributed by atoms with E-state index >= 15 is 0 Å². The van der Waals surface area contributed by atoms with Gasteiger partial charge in [-0.25, -0.2) is 8.42 Å². The van der Waals surface area contributed by atoms with Crippen LogP contribution in [0.1, 0.15) is 31.2 Å². The van der Waals surface area contributed by atoms with Crippen molar-refractivity contribution >= 4 is 15.9 Å². The number of rotatable bonds is 6. The Labute approximate surface area is 150 Å². The molecule has 1 aliphatic heterocycles. The third-order valence-corrected chi connectivity index (χ3v) is 6.53. The van der Waals surface area contributed by atoms with Crippen molar-refractivity contribution in [3.63, 3.8) is 0 Å². The van der Waals surface area contributed by atoms with E-state index in [1.807, 2.05) is 7.05 Å². The van der Waals surface area contributed by atoms with Crippen LogP contribution in [0.4, 0.5) is 0 Å². The quantitative estimate of drug-likeness (QED) is 0.743. The summed E-state index contributed by atoms with van der Waals surface area (Å²) in [5.74, 6) is 0.234. The largest absolute Gasteiger partial charge is 0.341 e.